The molecule has 0 heterocycles. The van der Waals surface area contributed by atoms with Gasteiger partial charge in [-0.25, -0.2) is 0 Å². The van der Waals surface area contributed by atoms with Crippen molar-refractivity contribution in [2.24, 2.45) is 5.92 Å². The topological polar surface area (TPSA) is 29.1 Å². The molecule has 0 aliphatic heterocycles. The average molecular weight is 184 g/mol. The summed E-state index contributed by atoms with van der Waals surface area (Å²) in [6.45, 7) is 0. The summed E-state index contributed by atoms with van der Waals surface area (Å²) in [4.78, 5) is 10.9. The van der Waals surface area contributed by atoms with Crippen molar-refractivity contribution in [2.75, 3.05) is 18.8 Å². The molecule has 0 saturated carbocycles. The predicted octanol–water partition coefficient (Wildman–Crippen LogP) is 1.22. The summed E-state index contributed by atoms with van der Waals surface area (Å²) in [5, 5.41) is 2.52. The Labute approximate surface area is 70.9 Å². The van der Waals surface area contributed by atoms with Crippen molar-refractivity contribution in [3.8, 4) is 0 Å². The van der Waals surface area contributed by atoms with Gasteiger partial charge in [-0.3, -0.25) is 4.79 Å². The van der Waals surface area contributed by atoms with E-state index in [-0.39, 0.29) is 11.8 Å². The lowest BCUT2D eigenvalue weighted by Crippen LogP contribution is -2.28. The van der Waals surface area contributed by atoms with E-state index in [4.69, 9.17) is 23.2 Å². The third kappa shape index (κ3) is 3.28. The highest BCUT2D eigenvalue weighted by Gasteiger charge is 2.14. The second kappa shape index (κ2) is 5.81. The SMILES string of the molecule is CNC(=O)C(CCl)CCCl. The van der Waals surface area contributed by atoms with E-state index in [0.717, 1.165) is 0 Å². The van der Waals surface area contributed by atoms with E-state index >= 15 is 0 Å². The molecule has 10 heavy (non-hydrogen) atoms. The first-order valence-corrected chi connectivity index (χ1v) is 4.16. The van der Waals surface area contributed by atoms with Gasteiger partial charge in [0.25, 0.3) is 0 Å². The van der Waals surface area contributed by atoms with Gasteiger partial charge in [0, 0.05) is 18.8 Å². The van der Waals surface area contributed by atoms with Crippen LogP contribution in [-0.2, 0) is 4.79 Å². The molecule has 0 aromatic rings. The zero-order chi connectivity index (χ0) is 7.98. The molecule has 1 atom stereocenters. The summed E-state index contributed by atoms with van der Waals surface area (Å²) in [5.41, 5.74) is 0. The largest absolute Gasteiger partial charge is 0.359 e. The minimum atomic E-state index is -0.135. The number of hydrogen-bond donors (Lipinski definition) is 1. The summed E-state index contributed by atoms with van der Waals surface area (Å²) in [5.74, 6) is 0.650. The smallest absolute Gasteiger partial charge is 0.224 e. The number of carbonyl (C=O) groups excluding carboxylic acids is 1. The molecule has 0 rings (SSSR count). The molecule has 1 unspecified atom stereocenters. The highest BCUT2D eigenvalue weighted by Crippen LogP contribution is 2.06. The van der Waals surface area contributed by atoms with Crippen LogP contribution in [0.25, 0.3) is 0 Å². The van der Waals surface area contributed by atoms with Crippen LogP contribution in [0.4, 0.5) is 0 Å². The van der Waals surface area contributed by atoms with Gasteiger partial charge in [-0.05, 0) is 6.42 Å². The van der Waals surface area contributed by atoms with Gasteiger partial charge >= 0.3 is 0 Å². The van der Waals surface area contributed by atoms with Crippen LogP contribution in [0.15, 0.2) is 0 Å². The van der Waals surface area contributed by atoms with E-state index in [1.54, 1.807) is 7.05 Å². The van der Waals surface area contributed by atoms with Gasteiger partial charge < -0.3 is 5.32 Å². The first-order valence-electron chi connectivity index (χ1n) is 3.09. The lowest BCUT2D eigenvalue weighted by atomic mass is 10.1. The van der Waals surface area contributed by atoms with Gasteiger partial charge in [0.1, 0.15) is 0 Å². The Morgan fingerprint density at radius 3 is 2.50 bits per heavy atom. The van der Waals surface area contributed by atoms with Crippen molar-refractivity contribution in [3.63, 3.8) is 0 Å². The molecule has 1 N–H and O–H groups in total. The molecule has 0 aliphatic carbocycles. The van der Waals surface area contributed by atoms with E-state index in [0.29, 0.717) is 18.2 Å². The van der Waals surface area contributed by atoms with Crippen LogP contribution < -0.4 is 5.32 Å². The Bertz CT molecular complexity index is 108. The van der Waals surface area contributed by atoms with Gasteiger partial charge in [-0.2, -0.15) is 0 Å². The van der Waals surface area contributed by atoms with E-state index in [9.17, 15) is 4.79 Å². The number of halogens is 2. The number of nitrogens with one attached hydrogen (secondary N) is 1. The second-order valence-electron chi connectivity index (χ2n) is 1.94. The normalized spacial score (nSPS) is 12.7. The summed E-state index contributed by atoms with van der Waals surface area (Å²) in [6.07, 6.45) is 0.644. The molecule has 0 radical (unpaired) electrons. The molecule has 0 aliphatic rings. The van der Waals surface area contributed by atoms with Gasteiger partial charge in [0.2, 0.25) is 5.91 Å². The monoisotopic (exact) mass is 183 g/mol. The highest BCUT2D eigenvalue weighted by molar-refractivity contribution is 6.20. The van der Waals surface area contributed by atoms with Crippen LogP contribution in [0, 0.1) is 5.92 Å². The van der Waals surface area contributed by atoms with Gasteiger partial charge in [-0.15, -0.1) is 23.2 Å². The Hall–Kier alpha value is 0.0500. The van der Waals surface area contributed by atoms with Gasteiger partial charge in [-0.1, -0.05) is 0 Å². The minimum Gasteiger partial charge on any atom is -0.359 e. The van der Waals surface area contributed by atoms with E-state index < -0.39 is 0 Å². The molecule has 60 valence electrons. The average Bonchev–Trinajstić information content (AvgIpc) is 1.99. The third-order valence-electron chi connectivity index (χ3n) is 1.26. The highest BCUT2D eigenvalue weighted by atomic mass is 35.5. The summed E-state index contributed by atoms with van der Waals surface area (Å²) < 4.78 is 0. The second-order valence-corrected chi connectivity index (χ2v) is 2.63. The zero-order valence-corrected chi connectivity index (χ0v) is 7.37. The van der Waals surface area contributed by atoms with Crippen LogP contribution >= 0.6 is 23.2 Å². The fourth-order valence-corrected chi connectivity index (χ4v) is 1.17. The number of carbonyl (C=O) groups is 1. The summed E-state index contributed by atoms with van der Waals surface area (Å²) >= 11 is 10.9. The Kier molecular flexibility index (Phi) is 5.84. The molecular weight excluding hydrogens is 173 g/mol. The van der Waals surface area contributed by atoms with Crippen LogP contribution in [0.2, 0.25) is 0 Å². The van der Waals surface area contributed by atoms with Crippen LogP contribution in [0.5, 0.6) is 0 Å². The molecule has 0 aromatic heterocycles. The van der Waals surface area contributed by atoms with E-state index in [1.165, 1.54) is 0 Å². The number of alkyl halides is 2. The molecule has 2 nitrogen and oxygen atoms in total. The molecular formula is C6H11Cl2NO. The number of hydrogen-bond acceptors (Lipinski definition) is 1. The molecule has 0 aromatic carbocycles. The van der Waals surface area contributed by atoms with Crippen molar-refractivity contribution in [1.82, 2.24) is 5.32 Å². The van der Waals surface area contributed by atoms with Crippen LogP contribution in [-0.4, -0.2) is 24.7 Å². The number of amides is 1. The summed E-state index contributed by atoms with van der Waals surface area (Å²) in [7, 11) is 1.59. The molecule has 0 spiro atoms. The van der Waals surface area contributed by atoms with Crippen LogP contribution in [0.3, 0.4) is 0 Å². The molecule has 0 bridgehead atoms. The van der Waals surface area contributed by atoms with Crippen LogP contribution in [0.1, 0.15) is 6.42 Å². The van der Waals surface area contributed by atoms with Crippen molar-refractivity contribution < 1.29 is 4.79 Å². The van der Waals surface area contributed by atoms with E-state index in [1.807, 2.05) is 0 Å². The first-order chi connectivity index (χ1) is 4.76. The predicted molar refractivity (Wildman–Crippen MR) is 43.6 cm³/mol. The Morgan fingerprint density at radius 2 is 2.20 bits per heavy atom. The molecule has 0 fully saturated rings. The van der Waals surface area contributed by atoms with Crippen molar-refractivity contribution >= 4 is 29.1 Å². The maximum absolute atomic E-state index is 10.9. The maximum atomic E-state index is 10.9. The van der Waals surface area contributed by atoms with Gasteiger partial charge in [0.05, 0.1) is 5.92 Å². The Balaban J connectivity index is 3.68. The quantitative estimate of drug-likeness (QED) is 0.654. The first kappa shape index (κ1) is 10.0. The zero-order valence-electron chi connectivity index (χ0n) is 5.86. The van der Waals surface area contributed by atoms with Crippen molar-refractivity contribution in [2.45, 2.75) is 6.42 Å². The minimum absolute atomic E-state index is 0.0318. The fourth-order valence-electron chi connectivity index (χ4n) is 0.614. The summed E-state index contributed by atoms with van der Waals surface area (Å²) in [6, 6.07) is 0. The maximum Gasteiger partial charge on any atom is 0.224 e. The van der Waals surface area contributed by atoms with Crippen molar-refractivity contribution in [3.05, 3.63) is 0 Å². The lowest BCUT2D eigenvalue weighted by molar-refractivity contribution is -0.123. The molecule has 1 amide bonds. The molecule has 0 saturated heterocycles. The Morgan fingerprint density at radius 1 is 1.60 bits per heavy atom. The molecule has 4 heteroatoms. The standard InChI is InChI=1S/C6H11Cl2NO/c1-9-6(10)5(4-8)2-3-7/h5H,2-4H2,1H3,(H,9,10). The van der Waals surface area contributed by atoms with E-state index in [2.05, 4.69) is 5.32 Å². The third-order valence-corrected chi connectivity index (χ3v) is 1.85. The van der Waals surface area contributed by atoms with Crippen molar-refractivity contribution in [1.29, 1.82) is 0 Å². The van der Waals surface area contributed by atoms with Gasteiger partial charge in [0.15, 0.2) is 0 Å². The lowest BCUT2D eigenvalue weighted by Gasteiger charge is -2.08. The number of rotatable bonds is 4. The fraction of sp³-hybridized carbons (Fsp3) is 0.833.